The zero-order chi connectivity index (χ0) is 13.8. The Bertz CT molecular complexity index is 938. The summed E-state index contributed by atoms with van der Waals surface area (Å²) in [5.74, 6) is 0.474. The molecule has 0 bridgehead atoms. The summed E-state index contributed by atoms with van der Waals surface area (Å²) in [7, 11) is 0. The number of nitrogens with zero attached hydrogens (tertiary/aromatic N) is 3. The Morgan fingerprint density at radius 1 is 1.14 bits per heavy atom. The fraction of sp³-hybridized carbons (Fsp3) is 0.176. The standard InChI is InChI=1S/C17H13N3O/c1-5-20(16-8-13(16)14-10-18-3-4-19-14)15-9-17-12(2-6-21-17)7-11(1)15/h1-7,9-10,13,16H,8H2. The van der Waals surface area contributed by atoms with E-state index in [1.165, 1.54) is 10.9 Å². The van der Waals surface area contributed by atoms with Gasteiger partial charge in [0.05, 0.1) is 17.5 Å². The Balaban J connectivity index is 1.59. The molecule has 2 atom stereocenters. The van der Waals surface area contributed by atoms with Gasteiger partial charge in [0.15, 0.2) is 0 Å². The molecule has 4 heteroatoms. The summed E-state index contributed by atoms with van der Waals surface area (Å²) in [6.45, 7) is 0. The van der Waals surface area contributed by atoms with Crippen molar-refractivity contribution in [1.82, 2.24) is 14.5 Å². The van der Waals surface area contributed by atoms with Crippen LogP contribution in [0.3, 0.4) is 0 Å². The van der Waals surface area contributed by atoms with Crippen LogP contribution in [0, 0.1) is 0 Å². The third-order valence-electron chi connectivity index (χ3n) is 4.37. The van der Waals surface area contributed by atoms with Crippen LogP contribution in [-0.4, -0.2) is 14.5 Å². The van der Waals surface area contributed by atoms with Crippen LogP contribution in [0.5, 0.6) is 0 Å². The lowest BCUT2D eigenvalue weighted by atomic mass is 10.2. The van der Waals surface area contributed by atoms with E-state index in [9.17, 15) is 0 Å². The fourth-order valence-corrected chi connectivity index (χ4v) is 3.21. The fourth-order valence-electron chi connectivity index (χ4n) is 3.21. The van der Waals surface area contributed by atoms with Gasteiger partial charge in [0.1, 0.15) is 5.58 Å². The molecule has 3 heterocycles. The molecule has 1 saturated carbocycles. The SMILES string of the molecule is c1cnc(C2CC2n2ccc3cc4ccoc4cc32)cn1. The Hall–Kier alpha value is -2.62. The monoisotopic (exact) mass is 275 g/mol. The predicted octanol–water partition coefficient (Wildman–Crippen LogP) is 3.91. The van der Waals surface area contributed by atoms with Gasteiger partial charge in [-0.05, 0) is 24.6 Å². The van der Waals surface area contributed by atoms with Gasteiger partial charge in [-0.1, -0.05) is 0 Å². The second-order valence-corrected chi connectivity index (χ2v) is 5.63. The van der Waals surface area contributed by atoms with E-state index >= 15 is 0 Å². The quantitative estimate of drug-likeness (QED) is 0.557. The molecule has 0 saturated heterocycles. The van der Waals surface area contributed by atoms with E-state index in [1.807, 2.05) is 12.3 Å². The van der Waals surface area contributed by atoms with Gasteiger partial charge < -0.3 is 8.98 Å². The van der Waals surface area contributed by atoms with Crippen molar-refractivity contribution in [3.05, 3.63) is 61.0 Å². The third-order valence-corrected chi connectivity index (χ3v) is 4.37. The molecule has 0 amide bonds. The molecular weight excluding hydrogens is 262 g/mol. The molecule has 0 aliphatic heterocycles. The predicted molar refractivity (Wildman–Crippen MR) is 80.1 cm³/mol. The van der Waals surface area contributed by atoms with Crippen molar-refractivity contribution in [2.75, 3.05) is 0 Å². The van der Waals surface area contributed by atoms with Crippen molar-refractivity contribution >= 4 is 21.9 Å². The molecule has 5 rings (SSSR count). The molecule has 3 aromatic heterocycles. The van der Waals surface area contributed by atoms with Gasteiger partial charge >= 0.3 is 0 Å². The molecule has 21 heavy (non-hydrogen) atoms. The smallest absolute Gasteiger partial charge is 0.135 e. The summed E-state index contributed by atoms with van der Waals surface area (Å²) >= 11 is 0. The number of rotatable bonds is 2. The maximum absolute atomic E-state index is 5.53. The molecule has 4 aromatic rings. The molecule has 2 unspecified atom stereocenters. The number of aromatic nitrogens is 3. The Morgan fingerprint density at radius 3 is 3.05 bits per heavy atom. The first kappa shape index (κ1) is 11.1. The van der Waals surface area contributed by atoms with E-state index in [-0.39, 0.29) is 0 Å². The topological polar surface area (TPSA) is 43.9 Å². The van der Waals surface area contributed by atoms with E-state index in [1.54, 1.807) is 18.7 Å². The molecule has 1 aromatic carbocycles. The van der Waals surface area contributed by atoms with E-state index in [0.29, 0.717) is 12.0 Å². The lowest BCUT2D eigenvalue weighted by molar-refractivity contribution is 0.616. The third kappa shape index (κ3) is 1.62. The van der Waals surface area contributed by atoms with Crippen LogP contribution in [0.4, 0.5) is 0 Å². The molecular formula is C17H13N3O. The molecule has 0 spiro atoms. The summed E-state index contributed by atoms with van der Waals surface area (Å²) in [4.78, 5) is 8.60. The number of fused-ring (bicyclic) bond motifs is 2. The van der Waals surface area contributed by atoms with Crippen molar-refractivity contribution in [2.24, 2.45) is 0 Å². The minimum absolute atomic E-state index is 0.474. The minimum Gasteiger partial charge on any atom is -0.464 e. The molecule has 0 N–H and O–H groups in total. The number of benzene rings is 1. The van der Waals surface area contributed by atoms with Crippen molar-refractivity contribution in [3.8, 4) is 0 Å². The molecule has 1 aliphatic carbocycles. The van der Waals surface area contributed by atoms with Gasteiger partial charge in [-0.15, -0.1) is 0 Å². The van der Waals surface area contributed by atoms with E-state index in [2.05, 4.69) is 38.9 Å². The van der Waals surface area contributed by atoms with Crippen LogP contribution in [0.25, 0.3) is 21.9 Å². The van der Waals surface area contributed by atoms with Crippen LogP contribution < -0.4 is 0 Å². The van der Waals surface area contributed by atoms with Crippen LogP contribution in [-0.2, 0) is 0 Å². The summed E-state index contributed by atoms with van der Waals surface area (Å²) in [6.07, 6.45) is 10.4. The van der Waals surface area contributed by atoms with E-state index < -0.39 is 0 Å². The van der Waals surface area contributed by atoms with Gasteiger partial charge in [0, 0.05) is 53.6 Å². The highest BCUT2D eigenvalue weighted by Crippen LogP contribution is 2.51. The summed E-state index contributed by atoms with van der Waals surface area (Å²) in [6, 6.07) is 8.98. The molecule has 0 radical (unpaired) electrons. The first-order valence-corrected chi connectivity index (χ1v) is 7.14. The second kappa shape index (κ2) is 3.95. The first-order chi connectivity index (χ1) is 10.4. The average Bonchev–Trinajstić information content (AvgIpc) is 3.00. The highest BCUT2D eigenvalue weighted by atomic mass is 16.3. The van der Waals surface area contributed by atoms with Gasteiger partial charge in [-0.25, -0.2) is 0 Å². The highest BCUT2D eigenvalue weighted by Gasteiger charge is 2.41. The Kier molecular flexibility index (Phi) is 2.08. The number of furan rings is 1. The largest absolute Gasteiger partial charge is 0.464 e. The Labute approximate surface area is 121 Å². The highest BCUT2D eigenvalue weighted by molar-refractivity contribution is 5.94. The van der Waals surface area contributed by atoms with Crippen molar-refractivity contribution in [2.45, 2.75) is 18.4 Å². The van der Waals surface area contributed by atoms with Crippen molar-refractivity contribution < 1.29 is 4.42 Å². The van der Waals surface area contributed by atoms with E-state index in [0.717, 1.165) is 23.1 Å². The van der Waals surface area contributed by atoms with Crippen molar-refractivity contribution in [3.63, 3.8) is 0 Å². The number of hydrogen-bond donors (Lipinski definition) is 0. The van der Waals surface area contributed by atoms with Gasteiger partial charge in [0.25, 0.3) is 0 Å². The van der Waals surface area contributed by atoms with Crippen LogP contribution in [0.1, 0.15) is 24.1 Å². The normalized spacial score (nSPS) is 21.1. The van der Waals surface area contributed by atoms with Gasteiger partial charge in [-0.3, -0.25) is 9.97 Å². The molecule has 1 fully saturated rings. The minimum atomic E-state index is 0.474. The Morgan fingerprint density at radius 2 is 2.14 bits per heavy atom. The molecule has 1 aliphatic rings. The van der Waals surface area contributed by atoms with Crippen molar-refractivity contribution in [1.29, 1.82) is 0 Å². The first-order valence-electron chi connectivity index (χ1n) is 7.14. The zero-order valence-electron chi connectivity index (χ0n) is 11.3. The van der Waals surface area contributed by atoms with Crippen LogP contribution in [0.2, 0.25) is 0 Å². The maximum atomic E-state index is 5.53. The lowest BCUT2D eigenvalue weighted by Crippen LogP contribution is -1.95. The lowest BCUT2D eigenvalue weighted by Gasteiger charge is -2.04. The summed E-state index contributed by atoms with van der Waals surface area (Å²) in [5, 5.41) is 2.41. The average molecular weight is 275 g/mol. The molecule has 102 valence electrons. The zero-order valence-corrected chi connectivity index (χ0v) is 11.3. The van der Waals surface area contributed by atoms with Gasteiger partial charge in [0.2, 0.25) is 0 Å². The van der Waals surface area contributed by atoms with Gasteiger partial charge in [-0.2, -0.15) is 0 Å². The second-order valence-electron chi connectivity index (χ2n) is 5.63. The van der Waals surface area contributed by atoms with Crippen LogP contribution in [0.15, 0.2) is 59.7 Å². The van der Waals surface area contributed by atoms with Crippen LogP contribution >= 0.6 is 0 Å². The molecule has 4 nitrogen and oxygen atoms in total. The van der Waals surface area contributed by atoms with E-state index in [4.69, 9.17) is 4.42 Å². The maximum Gasteiger partial charge on any atom is 0.135 e. The summed E-state index contributed by atoms with van der Waals surface area (Å²) in [5.41, 5.74) is 3.26. The summed E-state index contributed by atoms with van der Waals surface area (Å²) < 4.78 is 7.87. The number of hydrogen-bond acceptors (Lipinski definition) is 3.